The summed E-state index contributed by atoms with van der Waals surface area (Å²) in [5.74, 6) is 0.0902. The SMILES string of the molecule is O=c1c2ccccc2nc(-c2ccccc2)n1N=Cc1cccn1-c1ccccc1F. The van der Waals surface area contributed by atoms with Crippen molar-refractivity contribution in [3.05, 3.63) is 119 Å². The fourth-order valence-corrected chi connectivity index (χ4v) is 3.49. The van der Waals surface area contributed by atoms with E-state index in [0.717, 1.165) is 5.56 Å². The van der Waals surface area contributed by atoms with Gasteiger partial charge in [0.15, 0.2) is 5.82 Å². The molecule has 0 N–H and O–H groups in total. The van der Waals surface area contributed by atoms with E-state index in [9.17, 15) is 9.18 Å². The molecule has 0 aliphatic heterocycles. The molecule has 3 aromatic carbocycles. The normalized spacial score (nSPS) is 11.4. The average Bonchev–Trinajstić information content (AvgIpc) is 3.27. The van der Waals surface area contributed by atoms with E-state index in [4.69, 9.17) is 0 Å². The summed E-state index contributed by atoms with van der Waals surface area (Å²) in [7, 11) is 0. The van der Waals surface area contributed by atoms with Gasteiger partial charge in [0.25, 0.3) is 5.56 Å². The van der Waals surface area contributed by atoms with Crippen molar-refractivity contribution in [2.24, 2.45) is 5.10 Å². The molecular formula is C25H17FN4O. The van der Waals surface area contributed by atoms with Gasteiger partial charge in [0.1, 0.15) is 5.82 Å². The molecule has 0 radical (unpaired) electrons. The van der Waals surface area contributed by atoms with Crippen LogP contribution in [0.15, 0.2) is 107 Å². The van der Waals surface area contributed by atoms with Crippen LogP contribution in [0.4, 0.5) is 4.39 Å². The van der Waals surface area contributed by atoms with Crippen molar-refractivity contribution in [1.29, 1.82) is 0 Å². The van der Waals surface area contributed by atoms with Crippen LogP contribution in [0, 0.1) is 5.82 Å². The molecule has 0 spiro atoms. The lowest BCUT2D eigenvalue weighted by Crippen LogP contribution is -2.20. The van der Waals surface area contributed by atoms with E-state index in [-0.39, 0.29) is 11.4 Å². The Morgan fingerprint density at radius 1 is 0.839 bits per heavy atom. The fraction of sp³-hybridized carbons (Fsp3) is 0. The van der Waals surface area contributed by atoms with Gasteiger partial charge in [0, 0.05) is 11.8 Å². The lowest BCUT2D eigenvalue weighted by atomic mass is 10.2. The number of nitrogens with zero attached hydrogens (tertiary/aromatic N) is 4. The number of halogens is 1. The highest BCUT2D eigenvalue weighted by Gasteiger charge is 2.12. The van der Waals surface area contributed by atoms with Gasteiger partial charge in [-0.15, -0.1) is 0 Å². The van der Waals surface area contributed by atoms with Gasteiger partial charge in [0.05, 0.1) is 28.5 Å². The molecule has 2 aromatic heterocycles. The Kier molecular flexibility index (Phi) is 4.72. The second kappa shape index (κ2) is 7.84. The third-order valence-corrected chi connectivity index (χ3v) is 4.98. The number of fused-ring (bicyclic) bond motifs is 1. The highest BCUT2D eigenvalue weighted by atomic mass is 19.1. The molecule has 2 heterocycles. The third-order valence-electron chi connectivity index (χ3n) is 4.98. The molecule has 0 saturated carbocycles. The summed E-state index contributed by atoms with van der Waals surface area (Å²) in [4.78, 5) is 17.9. The van der Waals surface area contributed by atoms with Gasteiger partial charge in [-0.1, -0.05) is 54.6 Å². The van der Waals surface area contributed by atoms with E-state index in [1.54, 1.807) is 59.3 Å². The minimum atomic E-state index is -0.345. The van der Waals surface area contributed by atoms with Crippen LogP contribution in [0.3, 0.4) is 0 Å². The second-order valence-corrected chi connectivity index (χ2v) is 6.93. The molecular weight excluding hydrogens is 391 g/mol. The molecule has 0 aliphatic carbocycles. The number of benzene rings is 3. The molecule has 0 amide bonds. The van der Waals surface area contributed by atoms with Crippen molar-refractivity contribution in [2.75, 3.05) is 0 Å². The van der Waals surface area contributed by atoms with Gasteiger partial charge in [-0.2, -0.15) is 9.78 Å². The van der Waals surface area contributed by atoms with Crippen molar-refractivity contribution < 1.29 is 4.39 Å². The summed E-state index contributed by atoms with van der Waals surface area (Å²) in [6.07, 6.45) is 3.29. The van der Waals surface area contributed by atoms with Gasteiger partial charge in [-0.3, -0.25) is 4.79 Å². The Balaban J connectivity index is 1.68. The molecule has 0 saturated heterocycles. The summed E-state index contributed by atoms with van der Waals surface area (Å²) in [5.41, 5.74) is 2.13. The average molecular weight is 408 g/mol. The molecule has 0 bridgehead atoms. The lowest BCUT2D eigenvalue weighted by Gasteiger charge is -2.10. The summed E-state index contributed by atoms with van der Waals surface area (Å²) in [5, 5.41) is 4.94. The number of rotatable bonds is 4. The topological polar surface area (TPSA) is 52.2 Å². The maximum atomic E-state index is 14.3. The van der Waals surface area contributed by atoms with E-state index >= 15 is 0 Å². The molecule has 150 valence electrons. The van der Waals surface area contributed by atoms with Gasteiger partial charge < -0.3 is 4.57 Å². The van der Waals surface area contributed by atoms with Crippen LogP contribution in [-0.2, 0) is 0 Å². The highest BCUT2D eigenvalue weighted by molar-refractivity contribution is 5.81. The number of hydrogen-bond donors (Lipinski definition) is 0. The number of hydrogen-bond acceptors (Lipinski definition) is 3. The molecule has 0 atom stereocenters. The van der Waals surface area contributed by atoms with Crippen LogP contribution < -0.4 is 5.56 Å². The largest absolute Gasteiger partial charge is 0.313 e. The molecule has 5 nitrogen and oxygen atoms in total. The van der Waals surface area contributed by atoms with Gasteiger partial charge in [0.2, 0.25) is 0 Å². The van der Waals surface area contributed by atoms with E-state index in [0.29, 0.717) is 28.1 Å². The van der Waals surface area contributed by atoms with Crippen molar-refractivity contribution in [2.45, 2.75) is 0 Å². The Hall–Kier alpha value is -4.32. The zero-order chi connectivity index (χ0) is 21.2. The van der Waals surface area contributed by atoms with E-state index < -0.39 is 0 Å². The molecule has 0 unspecified atom stereocenters. The van der Waals surface area contributed by atoms with Crippen molar-refractivity contribution in [1.82, 2.24) is 14.2 Å². The third kappa shape index (κ3) is 3.44. The van der Waals surface area contributed by atoms with Crippen LogP contribution in [-0.4, -0.2) is 20.4 Å². The Bertz CT molecular complexity index is 1470. The predicted octanol–water partition coefficient (Wildman–Crippen LogP) is 4.88. The predicted molar refractivity (Wildman–Crippen MR) is 120 cm³/mol. The van der Waals surface area contributed by atoms with Crippen LogP contribution >= 0.6 is 0 Å². The van der Waals surface area contributed by atoms with Crippen LogP contribution in [0.25, 0.3) is 28.0 Å². The number of para-hydroxylation sites is 2. The quantitative estimate of drug-likeness (QED) is 0.398. The summed E-state index contributed by atoms with van der Waals surface area (Å²) in [6.45, 7) is 0. The standard InChI is InChI=1S/C25H17FN4O/c26-21-13-5-7-15-23(21)29-16-8-11-19(29)17-27-30-24(18-9-2-1-3-10-18)28-22-14-6-4-12-20(22)25(30)31/h1-17H. The Labute approximate surface area is 177 Å². The van der Waals surface area contributed by atoms with Crippen LogP contribution in [0.5, 0.6) is 0 Å². The zero-order valence-electron chi connectivity index (χ0n) is 16.4. The first kappa shape index (κ1) is 18.7. The summed E-state index contributed by atoms with van der Waals surface area (Å²) >= 11 is 0. The minimum Gasteiger partial charge on any atom is -0.313 e. The molecule has 5 rings (SSSR count). The Morgan fingerprint density at radius 2 is 1.58 bits per heavy atom. The van der Waals surface area contributed by atoms with Crippen LogP contribution in [0.2, 0.25) is 0 Å². The van der Waals surface area contributed by atoms with Gasteiger partial charge >= 0.3 is 0 Å². The fourth-order valence-electron chi connectivity index (χ4n) is 3.49. The zero-order valence-corrected chi connectivity index (χ0v) is 16.4. The van der Waals surface area contributed by atoms with Gasteiger partial charge in [-0.25, -0.2) is 9.37 Å². The molecule has 0 aliphatic rings. The van der Waals surface area contributed by atoms with Crippen LogP contribution in [0.1, 0.15) is 5.69 Å². The minimum absolute atomic E-state index is 0.273. The first-order valence-electron chi connectivity index (χ1n) is 9.76. The second-order valence-electron chi connectivity index (χ2n) is 6.93. The summed E-state index contributed by atoms with van der Waals surface area (Å²) < 4.78 is 17.3. The Morgan fingerprint density at radius 3 is 2.42 bits per heavy atom. The smallest absolute Gasteiger partial charge is 0.282 e. The highest BCUT2D eigenvalue weighted by Crippen LogP contribution is 2.19. The van der Waals surface area contributed by atoms with Crippen molar-refractivity contribution in [3.63, 3.8) is 0 Å². The van der Waals surface area contributed by atoms with Crippen molar-refractivity contribution in [3.8, 4) is 17.1 Å². The maximum Gasteiger partial charge on any atom is 0.282 e. The first-order chi connectivity index (χ1) is 15.2. The van der Waals surface area contributed by atoms with E-state index in [2.05, 4.69) is 10.1 Å². The molecule has 31 heavy (non-hydrogen) atoms. The monoisotopic (exact) mass is 408 g/mol. The van der Waals surface area contributed by atoms with Gasteiger partial charge in [-0.05, 0) is 36.4 Å². The molecule has 6 heteroatoms. The molecule has 0 fully saturated rings. The van der Waals surface area contributed by atoms with Crippen molar-refractivity contribution >= 4 is 17.1 Å². The van der Waals surface area contributed by atoms with E-state index in [1.165, 1.54) is 17.0 Å². The first-order valence-corrected chi connectivity index (χ1v) is 9.76. The number of aromatic nitrogens is 3. The lowest BCUT2D eigenvalue weighted by molar-refractivity contribution is 0.618. The molecule has 5 aromatic rings. The maximum absolute atomic E-state index is 14.3. The summed E-state index contributed by atoms with van der Waals surface area (Å²) in [6, 6.07) is 26.7. The van der Waals surface area contributed by atoms with E-state index in [1.807, 2.05) is 36.4 Å².